The minimum absolute atomic E-state index is 0.00707. The number of hydrogen-bond donors (Lipinski definition) is 2. The molecule has 104 valence electrons. The average Bonchev–Trinajstić information content (AvgIpc) is 2.87. The molecule has 1 aliphatic carbocycles. The third-order valence-corrected chi connectivity index (χ3v) is 3.84. The van der Waals surface area contributed by atoms with E-state index in [1.165, 1.54) is 0 Å². The van der Waals surface area contributed by atoms with Crippen molar-refractivity contribution in [3.8, 4) is 5.75 Å². The monoisotopic (exact) mass is 263 g/mol. The van der Waals surface area contributed by atoms with E-state index < -0.39 is 5.54 Å². The topological polar surface area (TPSA) is 58.6 Å². The summed E-state index contributed by atoms with van der Waals surface area (Å²) in [7, 11) is 1.55. The molecule has 0 aliphatic heterocycles. The van der Waals surface area contributed by atoms with Crippen molar-refractivity contribution in [2.75, 3.05) is 13.7 Å². The van der Waals surface area contributed by atoms with Crippen LogP contribution in [0.5, 0.6) is 5.75 Å². The maximum Gasteiger partial charge on any atom is 0.255 e. The number of aliphatic hydroxyl groups excluding tert-OH is 1. The SMILES string of the molecule is COc1ccc(C)cc1C(=O)NC1(CO)CCCC1. The predicted octanol–water partition coefficient (Wildman–Crippen LogP) is 2.04. The van der Waals surface area contributed by atoms with Gasteiger partial charge >= 0.3 is 0 Å². The Morgan fingerprint density at radius 1 is 1.42 bits per heavy atom. The van der Waals surface area contributed by atoms with E-state index in [-0.39, 0.29) is 12.5 Å². The van der Waals surface area contributed by atoms with Gasteiger partial charge in [-0.1, -0.05) is 24.5 Å². The van der Waals surface area contributed by atoms with Gasteiger partial charge in [0.1, 0.15) is 5.75 Å². The number of rotatable bonds is 4. The van der Waals surface area contributed by atoms with Crippen LogP contribution >= 0.6 is 0 Å². The highest BCUT2D eigenvalue weighted by Gasteiger charge is 2.35. The molecule has 1 aromatic rings. The first-order chi connectivity index (χ1) is 9.10. The lowest BCUT2D eigenvalue weighted by Gasteiger charge is -2.28. The van der Waals surface area contributed by atoms with E-state index in [2.05, 4.69) is 5.32 Å². The van der Waals surface area contributed by atoms with Crippen LogP contribution in [0.1, 0.15) is 41.6 Å². The summed E-state index contributed by atoms with van der Waals surface area (Å²) in [6.07, 6.45) is 3.77. The molecule has 1 amide bonds. The van der Waals surface area contributed by atoms with Crippen molar-refractivity contribution in [1.82, 2.24) is 5.32 Å². The van der Waals surface area contributed by atoms with Gasteiger partial charge in [-0.25, -0.2) is 0 Å². The molecule has 1 aliphatic rings. The first-order valence-electron chi connectivity index (χ1n) is 6.68. The summed E-state index contributed by atoms with van der Waals surface area (Å²) in [6.45, 7) is 1.93. The molecule has 2 rings (SSSR count). The number of benzene rings is 1. The lowest BCUT2D eigenvalue weighted by molar-refractivity contribution is 0.0835. The van der Waals surface area contributed by atoms with E-state index in [0.29, 0.717) is 11.3 Å². The smallest absolute Gasteiger partial charge is 0.255 e. The Bertz CT molecular complexity index is 464. The molecule has 0 heterocycles. The standard InChI is InChI=1S/C15H21NO3/c1-11-5-6-13(19-2)12(9-11)14(18)16-15(10-17)7-3-4-8-15/h5-6,9,17H,3-4,7-8,10H2,1-2H3,(H,16,18). The molecular formula is C15H21NO3. The number of carbonyl (C=O) groups is 1. The van der Waals surface area contributed by atoms with Gasteiger partial charge in [0.15, 0.2) is 0 Å². The quantitative estimate of drug-likeness (QED) is 0.874. The maximum absolute atomic E-state index is 12.4. The Hall–Kier alpha value is -1.55. The number of ether oxygens (including phenoxy) is 1. The van der Waals surface area contributed by atoms with Crippen molar-refractivity contribution in [3.05, 3.63) is 29.3 Å². The Morgan fingerprint density at radius 3 is 2.68 bits per heavy atom. The molecule has 0 saturated heterocycles. The number of methoxy groups -OCH3 is 1. The molecule has 0 spiro atoms. The van der Waals surface area contributed by atoms with E-state index in [1.54, 1.807) is 13.2 Å². The molecule has 1 aromatic carbocycles. The minimum Gasteiger partial charge on any atom is -0.496 e. The molecule has 0 unspecified atom stereocenters. The van der Waals surface area contributed by atoms with Crippen molar-refractivity contribution < 1.29 is 14.6 Å². The van der Waals surface area contributed by atoms with Gasteiger partial charge in [0, 0.05) is 0 Å². The summed E-state index contributed by atoms with van der Waals surface area (Å²) in [5.41, 5.74) is 1.09. The summed E-state index contributed by atoms with van der Waals surface area (Å²) in [4.78, 5) is 12.4. The first-order valence-corrected chi connectivity index (χ1v) is 6.68. The van der Waals surface area contributed by atoms with Gasteiger partial charge in [0.05, 0.1) is 24.8 Å². The number of carbonyl (C=O) groups excluding carboxylic acids is 1. The molecule has 2 N–H and O–H groups in total. The fraction of sp³-hybridized carbons (Fsp3) is 0.533. The third kappa shape index (κ3) is 2.89. The number of nitrogens with one attached hydrogen (secondary N) is 1. The van der Waals surface area contributed by atoms with Crippen LogP contribution < -0.4 is 10.1 Å². The summed E-state index contributed by atoms with van der Waals surface area (Å²) in [5, 5.41) is 12.5. The second-order valence-corrected chi connectivity index (χ2v) is 5.30. The Kier molecular flexibility index (Phi) is 4.10. The first kappa shape index (κ1) is 13.9. The highest BCUT2D eigenvalue weighted by Crippen LogP contribution is 2.30. The summed E-state index contributed by atoms with van der Waals surface area (Å²) in [6, 6.07) is 5.52. The largest absolute Gasteiger partial charge is 0.496 e. The highest BCUT2D eigenvalue weighted by molar-refractivity contribution is 5.97. The summed E-state index contributed by atoms with van der Waals surface area (Å²) in [5.74, 6) is 0.394. The number of aliphatic hydroxyl groups is 1. The van der Waals surface area contributed by atoms with Crippen LogP contribution in [0.3, 0.4) is 0 Å². The lowest BCUT2D eigenvalue weighted by Crippen LogP contribution is -2.49. The van der Waals surface area contributed by atoms with Crippen LogP contribution in [0.2, 0.25) is 0 Å². The van der Waals surface area contributed by atoms with Gasteiger partial charge in [0.2, 0.25) is 0 Å². The van der Waals surface area contributed by atoms with Crippen LogP contribution in [0.25, 0.3) is 0 Å². The van der Waals surface area contributed by atoms with Crippen molar-refractivity contribution in [2.45, 2.75) is 38.1 Å². The van der Waals surface area contributed by atoms with Gasteiger partial charge in [-0.15, -0.1) is 0 Å². The summed E-state index contributed by atoms with van der Waals surface area (Å²) >= 11 is 0. The normalized spacial score (nSPS) is 17.2. The van der Waals surface area contributed by atoms with E-state index in [9.17, 15) is 9.90 Å². The highest BCUT2D eigenvalue weighted by atomic mass is 16.5. The van der Waals surface area contributed by atoms with Crippen molar-refractivity contribution in [3.63, 3.8) is 0 Å². The van der Waals surface area contributed by atoms with Gasteiger partial charge in [-0.05, 0) is 31.9 Å². The molecule has 4 nitrogen and oxygen atoms in total. The van der Waals surface area contributed by atoms with Crippen molar-refractivity contribution in [1.29, 1.82) is 0 Å². The van der Waals surface area contributed by atoms with E-state index >= 15 is 0 Å². The van der Waals surface area contributed by atoms with Gasteiger partial charge in [-0.3, -0.25) is 4.79 Å². The predicted molar refractivity (Wildman–Crippen MR) is 73.5 cm³/mol. The molecule has 4 heteroatoms. The number of amides is 1. The zero-order chi connectivity index (χ0) is 13.9. The van der Waals surface area contributed by atoms with Crippen molar-refractivity contribution in [2.24, 2.45) is 0 Å². The van der Waals surface area contributed by atoms with Gasteiger partial charge < -0.3 is 15.2 Å². The van der Waals surface area contributed by atoms with Gasteiger partial charge in [-0.2, -0.15) is 0 Å². The number of hydrogen-bond acceptors (Lipinski definition) is 3. The van der Waals surface area contributed by atoms with E-state index in [4.69, 9.17) is 4.74 Å². The molecule has 0 radical (unpaired) electrons. The zero-order valence-corrected chi connectivity index (χ0v) is 11.5. The molecule has 19 heavy (non-hydrogen) atoms. The maximum atomic E-state index is 12.4. The van der Waals surface area contributed by atoms with Crippen LogP contribution in [-0.4, -0.2) is 30.3 Å². The van der Waals surface area contributed by atoms with Gasteiger partial charge in [0.25, 0.3) is 5.91 Å². The molecule has 1 fully saturated rings. The minimum atomic E-state index is -0.453. The Morgan fingerprint density at radius 2 is 2.11 bits per heavy atom. The molecule has 0 bridgehead atoms. The van der Waals surface area contributed by atoms with Crippen LogP contribution in [0, 0.1) is 6.92 Å². The fourth-order valence-corrected chi connectivity index (χ4v) is 2.68. The second-order valence-electron chi connectivity index (χ2n) is 5.30. The van der Waals surface area contributed by atoms with Crippen LogP contribution in [0.15, 0.2) is 18.2 Å². The molecule has 1 saturated carbocycles. The number of aryl methyl sites for hydroxylation is 1. The zero-order valence-electron chi connectivity index (χ0n) is 11.5. The van der Waals surface area contributed by atoms with Crippen LogP contribution in [0.4, 0.5) is 0 Å². The van der Waals surface area contributed by atoms with E-state index in [1.807, 2.05) is 19.1 Å². The van der Waals surface area contributed by atoms with E-state index in [0.717, 1.165) is 31.2 Å². The fourth-order valence-electron chi connectivity index (χ4n) is 2.68. The third-order valence-electron chi connectivity index (χ3n) is 3.84. The Balaban J connectivity index is 2.22. The lowest BCUT2D eigenvalue weighted by atomic mass is 9.98. The summed E-state index contributed by atoms with van der Waals surface area (Å²) < 4.78 is 5.23. The molecule has 0 aromatic heterocycles. The molecular weight excluding hydrogens is 242 g/mol. The van der Waals surface area contributed by atoms with Crippen LogP contribution in [-0.2, 0) is 0 Å². The molecule has 0 atom stereocenters. The van der Waals surface area contributed by atoms with Crippen molar-refractivity contribution >= 4 is 5.91 Å². The Labute approximate surface area is 113 Å². The second kappa shape index (κ2) is 5.61. The average molecular weight is 263 g/mol.